The number of rotatable bonds is 1. The molecule has 0 radical (unpaired) electrons. The fourth-order valence-corrected chi connectivity index (χ4v) is 1.39. The van der Waals surface area contributed by atoms with Crippen molar-refractivity contribution in [3.05, 3.63) is 48.0 Å². The van der Waals surface area contributed by atoms with Crippen LogP contribution < -0.4 is 0 Å². The predicted molar refractivity (Wildman–Crippen MR) is 50.3 cm³/mol. The molecule has 1 heterocycles. The number of benzene rings is 1. The Hall–Kier alpha value is -1.12. The molecule has 0 spiro atoms. The minimum Gasteiger partial charge on any atom is -0.387 e. The Labute approximate surface area is 77.5 Å². The monoisotopic (exact) mass is 176 g/mol. The zero-order chi connectivity index (χ0) is 9.10. The number of hydrogen-bond acceptors (Lipinski definition) is 2. The Balaban J connectivity index is 2.15. The van der Waals surface area contributed by atoms with Crippen LogP contribution in [0.2, 0.25) is 0 Å². The summed E-state index contributed by atoms with van der Waals surface area (Å²) < 4.78 is 5.44. The van der Waals surface area contributed by atoms with Crippen LogP contribution in [0.5, 0.6) is 0 Å². The van der Waals surface area contributed by atoms with Crippen LogP contribution in [0.25, 0.3) is 0 Å². The van der Waals surface area contributed by atoms with Crippen molar-refractivity contribution < 1.29 is 9.84 Å². The molecule has 0 aromatic heterocycles. The highest BCUT2D eigenvalue weighted by molar-refractivity contribution is 5.22. The van der Waals surface area contributed by atoms with Crippen LogP contribution in [-0.2, 0) is 4.74 Å². The second-order valence-corrected chi connectivity index (χ2v) is 3.12. The van der Waals surface area contributed by atoms with E-state index in [1.165, 1.54) is 0 Å². The molecule has 0 unspecified atom stereocenters. The third-order valence-electron chi connectivity index (χ3n) is 2.08. The summed E-state index contributed by atoms with van der Waals surface area (Å²) in [5.41, 5.74) is 1.13. The highest BCUT2D eigenvalue weighted by Crippen LogP contribution is 2.21. The largest absolute Gasteiger partial charge is 0.387 e. The lowest BCUT2D eigenvalue weighted by molar-refractivity contribution is 0.0145. The van der Waals surface area contributed by atoms with Gasteiger partial charge in [-0.05, 0) is 5.56 Å². The first-order valence-electron chi connectivity index (χ1n) is 4.39. The van der Waals surface area contributed by atoms with Crippen molar-refractivity contribution in [2.45, 2.75) is 12.2 Å². The van der Waals surface area contributed by atoms with Gasteiger partial charge in [-0.2, -0.15) is 0 Å². The van der Waals surface area contributed by atoms with E-state index >= 15 is 0 Å². The van der Waals surface area contributed by atoms with Crippen molar-refractivity contribution in [2.24, 2.45) is 0 Å². The summed E-state index contributed by atoms with van der Waals surface area (Å²) >= 11 is 0. The normalized spacial score (nSPS) is 27.5. The molecule has 1 aliphatic heterocycles. The van der Waals surface area contributed by atoms with Gasteiger partial charge in [-0.3, -0.25) is 0 Å². The van der Waals surface area contributed by atoms with Gasteiger partial charge in [0, 0.05) is 0 Å². The Morgan fingerprint density at radius 2 is 1.92 bits per heavy atom. The van der Waals surface area contributed by atoms with Crippen molar-refractivity contribution in [1.82, 2.24) is 0 Å². The molecule has 1 aromatic carbocycles. The summed E-state index contributed by atoms with van der Waals surface area (Å²) in [7, 11) is 0. The van der Waals surface area contributed by atoms with E-state index in [4.69, 9.17) is 9.84 Å². The fourth-order valence-electron chi connectivity index (χ4n) is 1.39. The lowest BCUT2D eigenvalue weighted by Gasteiger charge is -2.20. The first-order valence-corrected chi connectivity index (χ1v) is 4.39. The second-order valence-electron chi connectivity index (χ2n) is 3.12. The summed E-state index contributed by atoms with van der Waals surface area (Å²) in [5, 5.41) is 9.16. The van der Waals surface area contributed by atoms with E-state index in [1.54, 1.807) is 6.08 Å². The number of ether oxygens (including phenoxy) is 1. The average molecular weight is 176 g/mol. The molecule has 0 amide bonds. The van der Waals surface area contributed by atoms with E-state index in [0.29, 0.717) is 6.61 Å². The quantitative estimate of drug-likeness (QED) is 0.659. The standard InChI is InChI=1S/C11H12O2/c12-10-6-7-11(13-8-10)9-4-2-1-3-5-9/h1-7,10-12H,8H2/t10-,11+/m1/s1. The molecule has 13 heavy (non-hydrogen) atoms. The molecule has 2 atom stereocenters. The molecule has 0 saturated heterocycles. The SMILES string of the molecule is O[C@@H]1C=C[C@@H](c2ccccc2)OC1. The van der Waals surface area contributed by atoms with E-state index in [0.717, 1.165) is 5.56 Å². The Kier molecular flexibility index (Phi) is 2.43. The predicted octanol–water partition coefficient (Wildman–Crippen LogP) is 1.68. The Morgan fingerprint density at radius 1 is 1.15 bits per heavy atom. The van der Waals surface area contributed by atoms with Gasteiger partial charge in [0.1, 0.15) is 6.10 Å². The van der Waals surface area contributed by atoms with E-state index in [-0.39, 0.29) is 6.10 Å². The van der Waals surface area contributed by atoms with Crippen molar-refractivity contribution >= 4 is 0 Å². The average Bonchev–Trinajstić information content (AvgIpc) is 2.20. The van der Waals surface area contributed by atoms with Crippen LogP contribution in [0.15, 0.2) is 42.5 Å². The summed E-state index contributed by atoms with van der Waals surface area (Å²) in [6.07, 6.45) is 3.23. The molecule has 2 nitrogen and oxygen atoms in total. The summed E-state index contributed by atoms with van der Waals surface area (Å²) in [6, 6.07) is 9.99. The second kappa shape index (κ2) is 3.73. The summed E-state index contributed by atoms with van der Waals surface area (Å²) in [4.78, 5) is 0. The highest BCUT2D eigenvalue weighted by atomic mass is 16.5. The molecule has 0 bridgehead atoms. The molecular formula is C11H12O2. The zero-order valence-corrected chi connectivity index (χ0v) is 7.26. The van der Waals surface area contributed by atoms with Crippen molar-refractivity contribution in [2.75, 3.05) is 6.61 Å². The van der Waals surface area contributed by atoms with Gasteiger partial charge in [0.25, 0.3) is 0 Å². The summed E-state index contributed by atoms with van der Waals surface area (Å²) in [6.45, 7) is 0.385. The van der Waals surface area contributed by atoms with Crippen LogP contribution in [0.3, 0.4) is 0 Å². The topological polar surface area (TPSA) is 29.5 Å². The van der Waals surface area contributed by atoms with Gasteiger partial charge in [0.2, 0.25) is 0 Å². The van der Waals surface area contributed by atoms with Gasteiger partial charge < -0.3 is 9.84 Å². The van der Waals surface area contributed by atoms with Crippen molar-refractivity contribution in [1.29, 1.82) is 0 Å². The fraction of sp³-hybridized carbons (Fsp3) is 0.273. The maximum absolute atomic E-state index is 9.16. The van der Waals surface area contributed by atoms with Crippen molar-refractivity contribution in [3.63, 3.8) is 0 Å². The van der Waals surface area contributed by atoms with Gasteiger partial charge in [-0.1, -0.05) is 42.5 Å². The van der Waals surface area contributed by atoms with Crippen LogP contribution >= 0.6 is 0 Å². The third-order valence-corrected chi connectivity index (χ3v) is 2.08. The van der Waals surface area contributed by atoms with Gasteiger partial charge in [0.15, 0.2) is 0 Å². The maximum Gasteiger partial charge on any atom is 0.101 e. The van der Waals surface area contributed by atoms with Gasteiger partial charge in [-0.15, -0.1) is 0 Å². The minimum atomic E-state index is -0.444. The third kappa shape index (κ3) is 1.97. The molecule has 1 aliphatic rings. The lowest BCUT2D eigenvalue weighted by atomic mass is 10.1. The number of aliphatic hydroxyl groups excluding tert-OH is 1. The van der Waals surface area contributed by atoms with E-state index in [2.05, 4.69) is 0 Å². The molecule has 1 N–H and O–H groups in total. The first kappa shape index (κ1) is 8.48. The van der Waals surface area contributed by atoms with Gasteiger partial charge >= 0.3 is 0 Å². The van der Waals surface area contributed by atoms with Gasteiger partial charge in [0.05, 0.1) is 12.7 Å². The van der Waals surface area contributed by atoms with E-state index < -0.39 is 6.10 Å². The molecule has 2 rings (SSSR count). The molecule has 68 valence electrons. The van der Waals surface area contributed by atoms with E-state index in [1.807, 2.05) is 36.4 Å². The van der Waals surface area contributed by atoms with Gasteiger partial charge in [-0.25, -0.2) is 0 Å². The lowest BCUT2D eigenvalue weighted by Crippen LogP contribution is -2.19. The van der Waals surface area contributed by atoms with Crippen molar-refractivity contribution in [3.8, 4) is 0 Å². The van der Waals surface area contributed by atoms with Crippen LogP contribution in [0.4, 0.5) is 0 Å². The molecule has 1 aromatic rings. The number of hydrogen-bond donors (Lipinski definition) is 1. The molecule has 0 saturated carbocycles. The molecule has 0 aliphatic carbocycles. The molecule has 2 heteroatoms. The highest BCUT2D eigenvalue weighted by Gasteiger charge is 2.14. The minimum absolute atomic E-state index is 0.00426. The van der Waals surface area contributed by atoms with Crippen LogP contribution in [-0.4, -0.2) is 17.8 Å². The van der Waals surface area contributed by atoms with E-state index in [9.17, 15) is 0 Å². The smallest absolute Gasteiger partial charge is 0.101 e. The molecule has 0 fully saturated rings. The first-order chi connectivity index (χ1) is 6.36. The van der Waals surface area contributed by atoms with Crippen LogP contribution in [0.1, 0.15) is 11.7 Å². The molecular weight excluding hydrogens is 164 g/mol. The Bertz CT molecular complexity index is 292. The number of aliphatic hydroxyl groups is 1. The zero-order valence-electron chi connectivity index (χ0n) is 7.26. The van der Waals surface area contributed by atoms with Crippen LogP contribution in [0, 0.1) is 0 Å². The Morgan fingerprint density at radius 3 is 2.54 bits per heavy atom. The maximum atomic E-state index is 9.16. The summed E-state index contributed by atoms with van der Waals surface area (Å²) in [5.74, 6) is 0.